The summed E-state index contributed by atoms with van der Waals surface area (Å²) in [6.07, 6.45) is 0. The molecule has 0 unspecified atom stereocenters. The lowest BCUT2D eigenvalue weighted by atomic mass is 9.99. The summed E-state index contributed by atoms with van der Waals surface area (Å²) in [5.74, 6) is -0.513. The zero-order chi connectivity index (χ0) is 44.3. The molecule has 0 fully saturated rings. The molecule has 10 rings (SSSR count). The lowest BCUT2D eigenvalue weighted by Crippen LogP contribution is -2.00. The molecule has 0 atom stereocenters. The molecule has 0 amide bonds. The van der Waals surface area contributed by atoms with Crippen LogP contribution in [0, 0.1) is 0 Å². The Morgan fingerprint density at radius 2 is 1.12 bits per heavy atom. The van der Waals surface area contributed by atoms with E-state index in [9.17, 15) is 4.11 Å². The van der Waals surface area contributed by atoms with Gasteiger partial charge in [-0.1, -0.05) is 139 Å². The van der Waals surface area contributed by atoms with Gasteiger partial charge < -0.3 is 8.83 Å². The first-order chi connectivity index (χ1) is 30.2. The fourth-order valence-corrected chi connectivity index (χ4v) is 6.07. The van der Waals surface area contributed by atoms with Crippen LogP contribution in [0.3, 0.4) is 0 Å². The second kappa shape index (κ2) is 11.4. The lowest BCUT2D eigenvalue weighted by Gasteiger charge is -2.10. The van der Waals surface area contributed by atoms with Crippen molar-refractivity contribution in [2.75, 3.05) is 0 Å². The second-order valence-corrected chi connectivity index (χ2v) is 11.3. The van der Waals surface area contributed by atoms with E-state index in [4.69, 9.17) is 27.5 Å². The SMILES string of the molecule is [2H]c1cc2c(oc3c([2H])cc([2H])c(-c4nc(-c5ccccc5)nc(-c5c([2H])c([2H])c(-c6c([2H])c([2H])c([2H])c([2H])c6[2H])c([2H])c5[2H])n4)c32)c([2H])c1-c1cccc2c1oc1ccccc12. The Kier molecular flexibility index (Phi) is 4.12. The van der Waals surface area contributed by atoms with Crippen LogP contribution in [0.2, 0.25) is 0 Å². The molecule has 50 heavy (non-hydrogen) atoms. The number of benzene rings is 7. The van der Waals surface area contributed by atoms with E-state index in [1.54, 1.807) is 36.4 Å². The maximum atomic E-state index is 9.44. The summed E-state index contributed by atoms with van der Waals surface area (Å²) < 4.78 is 127. The summed E-state index contributed by atoms with van der Waals surface area (Å²) in [6.45, 7) is 0. The Morgan fingerprint density at radius 3 is 1.98 bits per heavy atom. The number of para-hydroxylation sites is 2. The van der Waals surface area contributed by atoms with Gasteiger partial charge in [0.1, 0.15) is 22.3 Å². The molecule has 0 bridgehead atoms. The predicted molar refractivity (Wildman–Crippen MR) is 202 cm³/mol. The van der Waals surface area contributed by atoms with Gasteiger partial charge in [0.2, 0.25) is 0 Å². The highest BCUT2D eigenvalue weighted by Gasteiger charge is 2.19. The van der Waals surface area contributed by atoms with E-state index in [0.717, 1.165) is 10.8 Å². The largest absolute Gasteiger partial charge is 0.456 e. The van der Waals surface area contributed by atoms with E-state index in [1.807, 2.05) is 36.4 Å². The third-order valence-electron chi connectivity index (χ3n) is 8.38. The topological polar surface area (TPSA) is 65.0 Å². The molecule has 0 aliphatic carbocycles. The van der Waals surface area contributed by atoms with Crippen LogP contribution >= 0.6 is 0 Å². The van der Waals surface area contributed by atoms with Crippen LogP contribution in [-0.4, -0.2) is 15.0 Å². The third-order valence-corrected chi connectivity index (χ3v) is 8.38. The molecule has 5 nitrogen and oxygen atoms in total. The molecule has 10 aromatic rings. The summed E-state index contributed by atoms with van der Waals surface area (Å²) in [7, 11) is 0. The Balaban J connectivity index is 1.23. The summed E-state index contributed by atoms with van der Waals surface area (Å²) in [6, 6.07) is 17.4. The Bertz CT molecular complexity index is 3570. The minimum atomic E-state index is -0.712. The van der Waals surface area contributed by atoms with Crippen molar-refractivity contribution in [2.45, 2.75) is 0 Å². The van der Waals surface area contributed by atoms with E-state index < -0.39 is 71.1 Å². The molecule has 5 heteroatoms. The van der Waals surface area contributed by atoms with Crippen molar-refractivity contribution in [1.29, 1.82) is 0 Å². The molecule has 3 heterocycles. The van der Waals surface area contributed by atoms with Gasteiger partial charge in [-0.15, -0.1) is 0 Å². The average Bonchev–Trinajstić information content (AvgIpc) is 3.86. The van der Waals surface area contributed by atoms with Gasteiger partial charge in [-0.2, -0.15) is 0 Å². The van der Waals surface area contributed by atoms with Crippen molar-refractivity contribution in [1.82, 2.24) is 15.0 Å². The summed E-state index contributed by atoms with van der Waals surface area (Å²) >= 11 is 0. The summed E-state index contributed by atoms with van der Waals surface area (Å²) in [4.78, 5) is 14.0. The minimum Gasteiger partial charge on any atom is -0.456 e. The average molecular weight is 655 g/mol. The van der Waals surface area contributed by atoms with Gasteiger partial charge in [0.15, 0.2) is 17.5 Å². The monoisotopic (exact) mass is 654 g/mol. The lowest BCUT2D eigenvalue weighted by molar-refractivity contribution is 0.668. The minimum absolute atomic E-state index is 0.0116. The van der Waals surface area contributed by atoms with Gasteiger partial charge >= 0.3 is 0 Å². The zero-order valence-corrected chi connectivity index (χ0v) is 25.7. The van der Waals surface area contributed by atoms with Crippen LogP contribution in [0.15, 0.2) is 172 Å². The van der Waals surface area contributed by atoms with E-state index in [2.05, 4.69) is 9.97 Å². The molecule has 234 valence electrons. The molecule has 0 saturated heterocycles. The maximum Gasteiger partial charge on any atom is 0.164 e. The van der Waals surface area contributed by atoms with Crippen molar-refractivity contribution in [3.8, 4) is 56.4 Å². The van der Waals surface area contributed by atoms with Crippen LogP contribution in [0.25, 0.3) is 100 Å². The normalized spacial score (nSPS) is 15.2. The first-order valence-electron chi connectivity index (χ1n) is 22.0. The van der Waals surface area contributed by atoms with Crippen molar-refractivity contribution in [3.05, 3.63) is 163 Å². The van der Waals surface area contributed by atoms with Gasteiger partial charge in [0, 0.05) is 43.8 Å². The van der Waals surface area contributed by atoms with E-state index in [-0.39, 0.29) is 74.7 Å². The zero-order valence-electron chi connectivity index (χ0n) is 38.7. The van der Waals surface area contributed by atoms with Crippen LogP contribution in [0.5, 0.6) is 0 Å². The van der Waals surface area contributed by atoms with Gasteiger partial charge in [0.25, 0.3) is 0 Å². The summed E-state index contributed by atoms with van der Waals surface area (Å²) in [5.41, 5.74) is 0.863. The number of hydrogen-bond donors (Lipinski definition) is 0. The van der Waals surface area contributed by atoms with Crippen molar-refractivity contribution in [3.63, 3.8) is 0 Å². The van der Waals surface area contributed by atoms with Crippen molar-refractivity contribution >= 4 is 43.9 Å². The molecule has 0 radical (unpaired) electrons. The first kappa shape index (κ1) is 18.1. The van der Waals surface area contributed by atoms with Crippen molar-refractivity contribution < 1.29 is 26.7 Å². The van der Waals surface area contributed by atoms with E-state index in [0.29, 0.717) is 22.3 Å². The third kappa shape index (κ3) is 4.67. The molecule has 0 spiro atoms. The Labute approximate surface area is 305 Å². The molecule has 0 N–H and O–H groups in total. The highest BCUT2D eigenvalue weighted by atomic mass is 16.3. The number of furan rings is 2. The van der Waals surface area contributed by atoms with Crippen LogP contribution in [0.4, 0.5) is 0 Å². The molecule has 7 aromatic carbocycles. The number of rotatable bonds is 5. The smallest absolute Gasteiger partial charge is 0.164 e. The molecule has 0 aliphatic rings. The van der Waals surface area contributed by atoms with Gasteiger partial charge in [-0.3, -0.25) is 0 Å². The number of hydrogen-bond acceptors (Lipinski definition) is 5. The molecule has 0 saturated carbocycles. The quantitative estimate of drug-likeness (QED) is 0.185. The van der Waals surface area contributed by atoms with Crippen molar-refractivity contribution in [2.24, 2.45) is 0 Å². The fraction of sp³-hybridized carbons (Fsp3) is 0. The molecule has 3 aromatic heterocycles. The van der Waals surface area contributed by atoms with Crippen LogP contribution in [-0.2, 0) is 0 Å². The summed E-state index contributed by atoms with van der Waals surface area (Å²) in [5, 5.41) is 2.03. The second-order valence-electron chi connectivity index (χ2n) is 11.3. The Morgan fingerprint density at radius 1 is 0.400 bits per heavy atom. The fourth-order valence-electron chi connectivity index (χ4n) is 6.07. The number of nitrogens with zero attached hydrogens (tertiary/aromatic N) is 3. The maximum absolute atomic E-state index is 9.44. The highest BCUT2D eigenvalue weighted by Crippen LogP contribution is 2.40. The van der Waals surface area contributed by atoms with Gasteiger partial charge in [0.05, 0.1) is 17.8 Å². The highest BCUT2D eigenvalue weighted by molar-refractivity contribution is 6.14. The standard InChI is InChI=1S/C45H27N3O2/c1-3-11-28(12-4-1)29-21-23-31(24-22-29)44-46-43(30-13-5-2-6-14-30)47-45(48-44)37-18-10-20-39-41(37)36-26-25-32(27-40(36)49-39)33-16-9-17-35-34-15-7-8-19-38(34)50-42(33)35/h1-27H/i1D,3D,4D,11D,12D,18D,20D,21D,22D,23D,24D,25D,27D. The Hall–Kier alpha value is -6.85. The molecular weight excluding hydrogens is 615 g/mol. The van der Waals surface area contributed by atoms with E-state index >= 15 is 0 Å². The first-order valence-corrected chi connectivity index (χ1v) is 15.5. The molecular formula is C45H27N3O2. The van der Waals surface area contributed by atoms with E-state index in [1.165, 1.54) is 12.1 Å². The predicted octanol–water partition coefficient (Wildman–Crippen LogP) is 12.0. The number of aromatic nitrogens is 3. The van der Waals surface area contributed by atoms with Gasteiger partial charge in [-0.25, -0.2) is 15.0 Å². The van der Waals surface area contributed by atoms with Crippen LogP contribution < -0.4 is 0 Å². The van der Waals surface area contributed by atoms with Crippen LogP contribution in [0.1, 0.15) is 17.8 Å². The van der Waals surface area contributed by atoms with Gasteiger partial charge in [-0.05, 0) is 40.9 Å². The number of fused-ring (bicyclic) bond motifs is 6. The molecule has 0 aliphatic heterocycles.